The van der Waals surface area contributed by atoms with Crippen LogP contribution in [0.25, 0.3) is 6.08 Å². The highest BCUT2D eigenvalue weighted by molar-refractivity contribution is 8.13. The van der Waals surface area contributed by atoms with Crippen molar-refractivity contribution >= 4 is 38.5 Å². The number of nitro groups is 1. The Morgan fingerprint density at radius 2 is 2.10 bits per heavy atom. The van der Waals surface area contributed by atoms with Crippen LogP contribution in [0.2, 0.25) is 0 Å². The molecule has 0 N–H and O–H groups in total. The maximum Gasteiger partial charge on any atom is 0.277 e. The van der Waals surface area contributed by atoms with Crippen molar-refractivity contribution < 1.29 is 18.1 Å². The molecule has 0 saturated carbocycles. The third-order valence-corrected chi connectivity index (χ3v) is 4.47. The summed E-state index contributed by atoms with van der Waals surface area (Å²) in [6, 6.07) is 3.80. The Kier molecular flexibility index (Phi) is 6.10. The Morgan fingerprint density at radius 3 is 2.62 bits per heavy atom. The second kappa shape index (κ2) is 7.37. The fraction of sp³-hybridized carbons (Fsp3) is 0.308. The second-order valence-corrected chi connectivity index (χ2v) is 7.57. The van der Waals surface area contributed by atoms with E-state index in [1.165, 1.54) is 30.8 Å². The van der Waals surface area contributed by atoms with E-state index in [1.807, 2.05) is 0 Å². The van der Waals surface area contributed by atoms with Crippen LogP contribution in [0.1, 0.15) is 18.9 Å². The van der Waals surface area contributed by atoms with Gasteiger partial charge in [-0.15, -0.1) is 0 Å². The average Bonchev–Trinajstić information content (AvgIpc) is 2.36. The van der Waals surface area contributed by atoms with Gasteiger partial charge in [0, 0.05) is 25.0 Å². The van der Waals surface area contributed by atoms with Crippen LogP contribution in [0, 0.1) is 10.1 Å². The molecule has 0 radical (unpaired) electrons. The number of benzene rings is 1. The summed E-state index contributed by atoms with van der Waals surface area (Å²) in [5.41, 5.74) is 0.0774. The molecule has 0 amide bonds. The summed E-state index contributed by atoms with van der Waals surface area (Å²) >= 11 is 1.18. The molecule has 0 unspecified atom stereocenters. The van der Waals surface area contributed by atoms with Crippen LogP contribution in [-0.2, 0) is 14.6 Å². The van der Waals surface area contributed by atoms with Crippen molar-refractivity contribution in [2.75, 3.05) is 12.0 Å². The standard InChI is InChI=1S/C13H15NO5S2/c1-10(15)20-8-4-3-5-11-6-7-12(21(2,18)19)9-13(11)14(16)17/h3,5-7,9H,4,8H2,1-2H3. The van der Waals surface area contributed by atoms with Crippen molar-refractivity contribution in [3.05, 3.63) is 40.0 Å². The van der Waals surface area contributed by atoms with Gasteiger partial charge in [-0.05, 0) is 18.6 Å². The maximum atomic E-state index is 11.4. The summed E-state index contributed by atoms with van der Waals surface area (Å²) < 4.78 is 22.8. The van der Waals surface area contributed by atoms with E-state index >= 15 is 0 Å². The van der Waals surface area contributed by atoms with Gasteiger partial charge in [-0.3, -0.25) is 14.9 Å². The van der Waals surface area contributed by atoms with Crippen LogP contribution in [0.5, 0.6) is 0 Å². The first-order chi connectivity index (χ1) is 9.71. The monoisotopic (exact) mass is 329 g/mol. The highest BCUT2D eigenvalue weighted by Crippen LogP contribution is 2.24. The molecule has 0 aliphatic rings. The molecule has 0 atom stereocenters. The molecule has 1 aromatic carbocycles. The maximum absolute atomic E-state index is 11.4. The Hall–Kier alpha value is -1.67. The van der Waals surface area contributed by atoms with Crippen molar-refractivity contribution in [3.63, 3.8) is 0 Å². The fourth-order valence-corrected chi connectivity index (χ4v) is 2.72. The van der Waals surface area contributed by atoms with Crippen LogP contribution in [-0.4, -0.2) is 30.5 Å². The van der Waals surface area contributed by atoms with Gasteiger partial charge >= 0.3 is 0 Å². The van der Waals surface area contributed by atoms with Gasteiger partial charge in [0.25, 0.3) is 5.69 Å². The van der Waals surface area contributed by atoms with E-state index < -0.39 is 14.8 Å². The Balaban J connectivity index is 2.95. The molecule has 0 aliphatic carbocycles. The van der Waals surface area contributed by atoms with E-state index in [0.29, 0.717) is 17.7 Å². The average molecular weight is 329 g/mol. The zero-order valence-electron chi connectivity index (χ0n) is 11.6. The molecule has 0 saturated heterocycles. The molecule has 1 aromatic rings. The van der Waals surface area contributed by atoms with Crippen LogP contribution in [0.15, 0.2) is 29.2 Å². The predicted octanol–water partition coefficient (Wildman–Crippen LogP) is 2.68. The van der Waals surface area contributed by atoms with Crippen LogP contribution >= 0.6 is 11.8 Å². The molecule has 0 bridgehead atoms. The first-order valence-corrected chi connectivity index (χ1v) is 8.88. The Labute approximate surface area is 127 Å². The SMILES string of the molecule is CC(=O)SCCC=Cc1ccc(S(C)(=O)=O)cc1[N+](=O)[O-]. The van der Waals surface area contributed by atoms with Crippen LogP contribution < -0.4 is 0 Å². The van der Waals surface area contributed by atoms with Gasteiger partial charge in [0.1, 0.15) is 0 Å². The Morgan fingerprint density at radius 1 is 1.43 bits per heavy atom. The number of nitrogens with zero attached hydrogens (tertiary/aromatic N) is 1. The highest BCUT2D eigenvalue weighted by Gasteiger charge is 2.16. The first-order valence-electron chi connectivity index (χ1n) is 6.00. The molecule has 21 heavy (non-hydrogen) atoms. The summed E-state index contributed by atoms with van der Waals surface area (Å²) in [6.07, 6.45) is 4.87. The molecule has 0 spiro atoms. The number of sulfone groups is 1. The second-order valence-electron chi connectivity index (χ2n) is 4.28. The number of carbonyl (C=O) groups excluding carboxylic acids is 1. The lowest BCUT2D eigenvalue weighted by Crippen LogP contribution is -2.00. The van der Waals surface area contributed by atoms with Gasteiger partial charge in [0.2, 0.25) is 0 Å². The minimum atomic E-state index is -3.48. The molecule has 114 valence electrons. The van der Waals surface area contributed by atoms with Gasteiger partial charge < -0.3 is 0 Å². The van der Waals surface area contributed by atoms with E-state index in [1.54, 1.807) is 12.2 Å². The van der Waals surface area contributed by atoms with Gasteiger partial charge in [0.15, 0.2) is 15.0 Å². The lowest BCUT2D eigenvalue weighted by molar-refractivity contribution is -0.385. The quantitative estimate of drug-likeness (QED) is 0.452. The summed E-state index contributed by atoms with van der Waals surface area (Å²) in [4.78, 5) is 21.1. The van der Waals surface area contributed by atoms with Crippen molar-refractivity contribution in [1.29, 1.82) is 0 Å². The third kappa shape index (κ3) is 5.68. The number of hydrogen-bond donors (Lipinski definition) is 0. The first kappa shape index (κ1) is 17.4. The van der Waals surface area contributed by atoms with Crippen molar-refractivity contribution in [2.45, 2.75) is 18.2 Å². The summed E-state index contributed by atoms with van der Waals surface area (Å²) in [5, 5.41) is 11.0. The number of carbonyl (C=O) groups is 1. The molecule has 1 rings (SSSR count). The van der Waals surface area contributed by atoms with E-state index in [2.05, 4.69) is 0 Å². The molecule has 0 aliphatic heterocycles. The van der Waals surface area contributed by atoms with Crippen LogP contribution in [0.4, 0.5) is 5.69 Å². The van der Waals surface area contributed by atoms with Crippen molar-refractivity contribution in [3.8, 4) is 0 Å². The minimum absolute atomic E-state index is 0.0203. The lowest BCUT2D eigenvalue weighted by atomic mass is 10.1. The van der Waals surface area contributed by atoms with Crippen molar-refractivity contribution in [2.24, 2.45) is 0 Å². The smallest absolute Gasteiger partial charge is 0.277 e. The largest absolute Gasteiger partial charge is 0.288 e. The van der Waals surface area contributed by atoms with Gasteiger partial charge in [-0.2, -0.15) is 0 Å². The van der Waals surface area contributed by atoms with E-state index in [0.717, 1.165) is 12.3 Å². The Bertz CT molecular complexity index is 680. The molecule has 6 nitrogen and oxygen atoms in total. The third-order valence-electron chi connectivity index (χ3n) is 2.51. The molecule has 0 heterocycles. The highest BCUT2D eigenvalue weighted by atomic mass is 32.2. The van der Waals surface area contributed by atoms with Gasteiger partial charge in [-0.25, -0.2) is 8.42 Å². The summed E-state index contributed by atoms with van der Waals surface area (Å²) in [7, 11) is -3.48. The molecular formula is C13H15NO5S2. The number of nitro benzene ring substituents is 1. The molecule has 0 fully saturated rings. The number of allylic oxidation sites excluding steroid dienone is 1. The molecule has 8 heteroatoms. The predicted molar refractivity (Wildman–Crippen MR) is 83.0 cm³/mol. The normalized spacial score (nSPS) is 11.7. The van der Waals surface area contributed by atoms with Gasteiger partial charge in [-0.1, -0.05) is 23.9 Å². The number of thioether (sulfide) groups is 1. The van der Waals surface area contributed by atoms with Crippen molar-refractivity contribution in [1.82, 2.24) is 0 Å². The van der Waals surface area contributed by atoms with Crippen LogP contribution in [0.3, 0.4) is 0 Å². The lowest BCUT2D eigenvalue weighted by Gasteiger charge is -2.01. The fourth-order valence-electron chi connectivity index (χ4n) is 1.53. The summed E-state index contributed by atoms with van der Waals surface area (Å²) in [6.45, 7) is 1.48. The topological polar surface area (TPSA) is 94.3 Å². The summed E-state index contributed by atoms with van der Waals surface area (Å²) in [5.74, 6) is 0.598. The van der Waals surface area contributed by atoms with Gasteiger partial charge in [0.05, 0.1) is 15.4 Å². The van der Waals surface area contributed by atoms with E-state index in [4.69, 9.17) is 0 Å². The van der Waals surface area contributed by atoms with E-state index in [-0.39, 0.29) is 15.7 Å². The number of hydrogen-bond acceptors (Lipinski definition) is 6. The molecule has 0 aromatic heterocycles. The minimum Gasteiger partial charge on any atom is -0.288 e. The molecular weight excluding hydrogens is 314 g/mol. The zero-order valence-corrected chi connectivity index (χ0v) is 13.2. The van der Waals surface area contributed by atoms with E-state index in [9.17, 15) is 23.3 Å². The number of rotatable bonds is 6. The zero-order chi connectivity index (χ0) is 16.0.